The quantitative estimate of drug-likeness (QED) is 0.711. The third-order valence-corrected chi connectivity index (χ3v) is 4.59. The second-order valence-electron chi connectivity index (χ2n) is 6.93. The lowest BCUT2D eigenvalue weighted by Gasteiger charge is -2.17. The van der Waals surface area contributed by atoms with Crippen LogP contribution in [0.3, 0.4) is 0 Å². The Hall–Kier alpha value is -2.82. The predicted octanol–water partition coefficient (Wildman–Crippen LogP) is 3.24. The minimum absolute atomic E-state index is 0.120. The molecule has 2 N–H and O–H groups in total. The summed E-state index contributed by atoms with van der Waals surface area (Å²) in [4.78, 5) is 23.9. The molecule has 0 aliphatic carbocycles. The Morgan fingerprint density at radius 2 is 1.78 bits per heavy atom. The van der Waals surface area contributed by atoms with E-state index >= 15 is 0 Å². The molecule has 27 heavy (non-hydrogen) atoms. The van der Waals surface area contributed by atoms with Gasteiger partial charge in [-0.1, -0.05) is 48.9 Å². The summed E-state index contributed by atoms with van der Waals surface area (Å²) >= 11 is 0. The first-order chi connectivity index (χ1) is 12.9. The highest BCUT2D eigenvalue weighted by molar-refractivity contribution is 5.79. The van der Waals surface area contributed by atoms with Crippen molar-refractivity contribution in [3.8, 4) is 5.75 Å². The average molecular weight is 369 g/mol. The largest absolute Gasteiger partial charge is 0.497 e. The van der Waals surface area contributed by atoms with Gasteiger partial charge in [0, 0.05) is 12.5 Å². The molecule has 0 radical (unpaired) electrons. The van der Waals surface area contributed by atoms with Crippen LogP contribution in [0.5, 0.6) is 5.75 Å². The van der Waals surface area contributed by atoms with Crippen LogP contribution in [0.25, 0.3) is 0 Å². The number of benzene rings is 2. The maximum absolute atomic E-state index is 12.4. The van der Waals surface area contributed by atoms with Crippen molar-refractivity contribution in [2.75, 3.05) is 13.7 Å². The van der Waals surface area contributed by atoms with Crippen LogP contribution in [0.1, 0.15) is 23.6 Å². The third-order valence-electron chi connectivity index (χ3n) is 4.59. The molecule has 0 saturated heterocycles. The summed E-state index contributed by atoms with van der Waals surface area (Å²) in [6.45, 7) is 3.94. The van der Waals surface area contributed by atoms with E-state index in [1.54, 1.807) is 7.11 Å². The summed E-state index contributed by atoms with van der Waals surface area (Å²) in [6, 6.07) is 15.4. The molecule has 2 unspecified atom stereocenters. The van der Waals surface area contributed by atoms with Crippen molar-refractivity contribution in [1.82, 2.24) is 5.32 Å². The number of carbonyl (C=O) groups excluding carboxylic acids is 1. The van der Waals surface area contributed by atoms with Crippen LogP contribution in [0, 0.1) is 18.8 Å². The molecule has 144 valence electrons. The fraction of sp³-hybridized carbons (Fsp3) is 0.364. The molecule has 2 rings (SSSR count). The zero-order valence-corrected chi connectivity index (χ0v) is 16.1. The van der Waals surface area contributed by atoms with Crippen molar-refractivity contribution < 1.29 is 19.4 Å². The van der Waals surface area contributed by atoms with Crippen LogP contribution in [-0.2, 0) is 22.4 Å². The highest BCUT2D eigenvalue weighted by Crippen LogP contribution is 2.15. The zero-order chi connectivity index (χ0) is 19.8. The number of amides is 1. The van der Waals surface area contributed by atoms with Gasteiger partial charge in [-0.15, -0.1) is 0 Å². The van der Waals surface area contributed by atoms with Gasteiger partial charge in [0.15, 0.2) is 0 Å². The molecule has 0 aromatic heterocycles. The number of nitrogens with one attached hydrogen (secondary N) is 1. The van der Waals surface area contributed by atoms with Gasteiger partial charge in [-0.25, -0.2) is 0 Å². The Labute approximate surface area is 160 Å². The van der Waals surface area contributed by atoms with Gasteiger partial charge in [0.1, 0.15) is 5.75 Å². The van der Waals surface area contributed by atoms with Crippen LogP contribution < -0.4 is 10.1 Å². The molecule has 2 aromatic rings. The Kier molecular flexibility index (Phi) is 7.41. The molecule has 0 fully saturated rings. The lowest BCUT2D eigenvalue weighted by molar-refractivity contribution is -0.141. The highest BCUT2D eigenvalue weighted by atomic mass is 16.5. The first kappa shape index (κ1) is 20.5. The van der Waals surface area contributed by atoms with Gasteiger partial charge in [0.25, 0.3) is 0 Å². The van der Waals surface area contributed by atoms with Gasteiger partial charge in [-0.3, -0.25) is 9.59 Å². The van der Waals surface area contributed by atoms with Crippen molar-refractivity contribution in [2.24, 2.45) is 11.8 Å². The lowest BCUT2D eigenvalue weighted by Crippen LogP contribution is -2.37. The third kappa shape index (κ3) is 6.44. The number of carboxylic acids is 1. The normalized spacial score (nSPS) is 12.9. The average Bonchev–Trinajstić information content (AvgIpc) is 2.65. The number of carbonyl (C=O) groups is 2. The van der Waals surface area contributed by atoms with Crippen molar-refractivity contribution >= 4 is 11.9 Å². The van der Waals surface area contributed by atoms with Gasteiger partial charge in [-0.2, -0.15) is 0 Å². The Balaban J connectivity index is 1.89. The summed E-state index contributed by atoms with van der Waals surface area (Å²) in [5.74, 6) is -1.16. The summed E-state index contributed by atoms with van der Waals surface area (Å²) in [5, 5.41) is 12.3. The minimum atomic E-state index is -0.903. The van der Waals surface area contributed by atoms with Gasteiger partial charge in [-0.05, 0) is 43.0 Å². The molecule has 0 heterocycles. The van der Waals surface area contributed by atoms with Crippen LogP contribution >= 0.6 is 0 Å². The molecule has 2 atom stereocenters. The van der Waals surface area contributed by atoms with Crippen molar-refractivity contribution in [3.63, 3.8) is 0 Å². The van der Waals surface area contributed by atoms with E-state index in [-0.39, 0.29) is 18.4 Å². The topological polar surface area (TPSA) is 75.6 Å². The molecular weight excluding hydrogens is 342 g/mol. The molecular formula is C22H27NO4. The fourth-order valence-corrected chi connectivity index (χ4v) is 2.98. The van der Waals surface area contributed by atoms with Gasteiger partial charge in [0.05, 0.1) is 13.0 Å². The van der Waals surface area contributed by atoms with Gasteiger partial charge >= 0.3 is 5.97 Å². The van der Waals surface area contributed by atoms with Gasteiger partial charge < -0.3 is 15.2 Å². The number of rotatable bonds is 9. The predicted molar refractivity (Wildman–Crippen MR) is 105 cm³/mol. The first-order valence-corrected chi connectivity index (χ1v) is 9.08. The lowest BCUT2D eigenvalue weighted by atomic mass is 9.97. The summed E-state index contributed by atoms with van der Waals surface area (Å²) < 4.78 is 5.13. The molecule has 0 spiro atoms. The second kappa shape index (κ2) is 9.76. The van der Waals surface area contributed by atoms with E-state index in [0.29, 0.717) is 12.8 Å². The number of aryl methyl sites for hydroxylation is 1. The Bertz CT molecular complexity index is 770. The summed E-state index contributed by atoms with van der Waals surface area (Å²) in [6.07, 6.45) is 0.982. The smallest absolute Gasteiger partial charge is 0.308 e. The van der Waals surface area contributed by atoms with E-state index in [0.717, 1.165) is 22.4 Å². The number of ether oxygens (including phenoxy) is 1. The molecule has 5 nitrogen and oxygen atoms in total. The number of hydrogen-bond donors (Lipinski definition) is 2. The fourth-order valence-electron chi connectivity index (χ4n) is 2.98. The van der Waals surface area contributed by atoms with E-state index < -0.39 is 11.9 Å². The standard InChI is InChI=1S/C22H27NO4/c1-15-5-4-6-18(11-15)13-19(22(25)26)14-23-21(24)16(2)12-17-7-9-20(27-3)10-8-17/h4-11,16,19H,12-14H2,1-3H3,(H,23,24)(H,25,26). The molecule has 0 bridgehead atoms. The number of methoxy groups -OCH3 is 1. The maximum atomic E-state index is 12.4. The SMILES string of the molecule is COc1ccc(CC(C)C(=O)NCC(Cc2cccc(C)c2)C(=O)O)cc1. The van der Waals surface area contributed by atoms with E-state index in [2.05, 4.69) is 5.32 Å². The molecule has 0 aliphatic rings. The van der Waals surface area contributed by atoms with Crippen molar-refractivity contribution in [2.45, 2.75) is 26.7 Å². The van der Waals surface area contributed by atoms with E-state index in [1.165, 1.54) is 0 Å². The van der Waals surface area contributed by atoms with Crippen molar-refractivity contribution in [1.29, 1.82) is 0 Å². The van der Waals surface area contributed by atoms with Crippen molar-refractivity contribution in [3.05, 3.63) is 65.2 Å². The summed E-state index contributed by atoms with van der Waals surface area (Å²) in [7, 11) is 1.61. The summed E-state index contributed by atoms with van der Waals surface area (Å²) in [5.41, 5.74) is 3.09. The monoisotopic (exact) mass is 369 g/mol. The minimum Gasteiger partial charge on any atom is -0.497 e. The number of hydrogen-bond acceptors (Lipinski definition) is 3. The molecule has 0 saturated carbocycles. The van der Waals surface area contributed by atoms with Crippen LogP contribution in [0.4, 0.5) is 0 Å². The first-order valence-electron chi connectivity index (χ1n) is 9.08. The Morgan fingerprint density at radius 1 is 1.07 bits per heavy atom. The van der Waals surface area contributed by atoms with E-state index in [4.69, 9.17) is 4.74 Å². The molecule has 2 aromatic carbocycles. The van der Waals surface area contributed by atoms with Crippen LogP contribution in [0.2, 0.25) is 0 Å². The highest BCUT2D eigenvalue weighted by Gasteiger charge is 2.21. The Morgan fingerprint density at radius 3 is 2.37 bits per heavy atom. The molecule has 0 aliphatic heterocycles. The second-order valence-corrected chi connectivity index (χ2v) is 6.93. The molecule has 5 heteroatoms. The molecule has 1 amide bonds. The van der Waals surface area contributed by atoms with Gasteiger partial charge in [0.2, 0.25) is 5.91 Å². The number of carboxylic acid groups (broad SMARTS) is 1. The maximum Gasteiger partial charge on any atom is 0.308 e. The van der Waals surface area contributed by atoms with E-state index in [9.17, 15) is 14.7 Å². The van der Waals surface area contributed by atoms with E-state index in [1.807, 2.05) is 62.4 Å². The van der Waals surface area contributed by atoms with Crippen LogP contribution in [0.15, 0.2) is 48.5 Å². The zero-order valence-electron chi connectivity index (χ0n) is 16.1. The van der Waals surface area contributed by atoms with Crippen LogP contribution in [-0.4, -0.2) is 30.6 Å². The number of aliphatic carboxylic acids is 1.